The summed E-state index contributed by atoms with van der Waals surface area (Å²) in [7, 11) is 1.54. The number of hydrogen-bond acceptors (Lipinski definition) is 7. The van der Waals surface area contributed by atoms with Crippen LogP contribution in [0.15, 0.2) is 48.7 Å². The number of benzene rings is 2. The Bertz CT molecular complexity index is 1060. The molecule has 30 heavy (non-hydrogen) atoms. The maximum atomic E-state index is 12.4. The first-order valence-corrected chi connectivity index (χ1v) is 9.59. The van der Waals surface area contributed by atoms with Crippen molar-refractivity contribution in [3.05, 3.63) is 64.0 Å². The molecular formula is C21H21N3O6. The van der Waals surface area contributed by atoms with Crippen molar-refractivity contribution in [2.75, 3.05) is 20.2 Å². The molecule has 2 heterocycles. The zero-order chi connectivity index (χ0) is 21.1. The molecular weight excluding hydrogens is 390 g/mol. The van der Waals surface area contributed by atoms with Crippen LogP contribution in [0.4, 0.5) is 5.69 Å². The molecule has 9 nitrogen and oxygen atoms in total. The number of ether oxygens (including phenoxy) is 3. The Morgan fingerprint density at radius 2 is 1.80 bits per heavy atom. The number of nitro benzene ring substituents is 1. The highest BCUT2D eigenvalue weighted by molar-refractivity contribution is 5.86. The number of pyridine rings is 1. The van der Waals surface area contributed by atoms with Gasteiger partial charge in [-0.1, -0.05) is 0 Å². The van der Waals surface area contributed by atoms with E-state index in [1.807, 2.05) is 0 Å². The van der Waals surface area contributed by atoms with Crippen LogP contribution in [0.2, 0.25) is 0 Å². The Balaban J connectivity index is 1.69. The van der Waals surface area contributed by atoms with Gasteiger partial charge in [-0.25, -0.2) is 0 Å². The molecule has 0 amide bonds. The van der Waals surface area contributed by atoms with Crippen molar-refractivity contribution in [2.45, 2.75) is 18.9 Å². The summed E-state index contributed by atoms with van der Waals surface area (Å²) < 4.78 is 18.2. The van der Waals surface area contributed by atoms with E-state index in [1.165, 1.54) is 30.5 Å². The van der Waals surface area contributed by atoms with Crippen LogP contribution in [-0.4, -0.2) is 31.2 Å². The molecule has 1 aliphatic heterocycles. The highest BCUT2D eigenvalue weighted by Crippen LogP contribution is 2.37. The van der Waals surface area contributed by atoms with Gasteiger partial charge in [-0.05, 0) is 38.1 Å². The predicted octanol–water partition coefficient (Wildman–Crippen LogP) is 3.31. The summed E-state index contributed by atoms with van der Waals surface area (Å²) in [5, 5.41) is 27.1. The normalized spacial score (nSPS) is 14.4. The number of nitro groups is 1. The monoisotopic (exact) mass is 411 g/mol. The van der Waals surface area contributed by atoms with E-state index in [9.17, 15) is 15.3 Å². The van der Waals surface area contributed by atoms with Crippen LogP contribution in [0.3, 0.4) is 0 Å². The van der Waals surface area contributed by atoms with Crippen molar-refractivity contribution in [1.29, 1.82) is 0 Å². The maximum Gasteiger partial charge on any atom is 0.269 e. The SMILES string of the molecule is COc1cc2c(Oc3ccc([N+](=O)[O-])cc3)cc[n+]([O-])c2cc1OC1CCNCC1. The molecule has 2 aromatic carbocycles. The maximum absolute atomic E-state index is 12.4. The van der Waals surface area contributed by atoms with Gasteiger partial charge in [0.1, 0.15) is 17.6 Å². The van der Waals surface area contributed by atoms with Gasteiger partial charge < -0.3 is 24.7 Å². The van der Waals surface area contributed by atoms with Crippen LogP contribution in [0, 0.1) is 15.3 Å². The van der Waals surface area contributed by atoms with Gasteiger partial charge >= 0.3 is 0 Å². The van der Waals surface area contributed by atoms with Gasteiger partial charge in [0.05, 0.1) is 23.5 Å². The third-order valence-electron chi connectivity index (χ3n) is 5.00. The molecule has 4 rings (SSSR count). The lowest BCUT2D eigenvalue weighted by Gasteiger charge is -2.24. The summed E-state index contributed by atoms with van der Waals surface area (Å²) in [6.45, 7) is 1.77. The van der Waals surface area contributed by atoms with Crippen molar-refractivity contribution in [3.63, 3.8) is 0 Å². The van der Waals surface area contributed by atoms with Crippen LogP contribution in [0.1, 0.15) is 12.8 Å². The Morgan fingerprint density at radius 3 is 2.47 bits per heavy atom. The first kappa shape index (κ1) is 19.7. The van der Waals surface area contributed by atoms with Gasteiger partial charge in [-0.2, -0.15) is 4.73 Å². The summed E-state index contributed by atoms with van der Waals surface area (Å²) >= 11 is 0. The summed E-state index contributed by atoms with van der Waals surface area (Å²) in [5.74, 6) is 1.85. The number of methoxy groups -OCH3 is 1. The van der Waals surface area contributed by atoms with Crippen molar-refractivity contribution < 1.29 is 23.9 Å². The molecule has 1 saturated heterocycles. The second-order valence-electron chi connectivity index (χ2n) is 6.95. The molecule has 1 N–H and O–H groups in total. The molecule has 3 aromatic rings. The summed E-state index contributed by atoms with van der Waals surface area (Å²) in [6.07, 6.45) is 3.16. The highest BCUT2D eigenvalue weighted by atomic mass is 16.6. The van der Waals surface area contributed by atoms with E-state index >= 15 is 0 Å². The fourth-order valence-corrected chi connectivity index (χ4v) is 3.43. The Labute approximate surface area is 172 Å². The van der Waals surface area contributed by atoms with Crippen molar-refractivity contribution in [1.82, 2.24) is 5.32 Å². The molecule has 0 bridgehead atoms. The van der Waals surface area contributed by atoms with Crippen LogP contribution in [-0.2, 0) is 0 Å². The smallest absolute Gasteiger partial charge is 0.269 e. The predicted molar refractivity (Wildman–Crippen MR) is 109 cm³/mol. The fourth-order valence-electron chi connectivity index (χ4n) is 3.43. The average molecular weight is 411 g/mol. The number of nitrogens with one attached hydrogen (secondary N) is 1. The number of hydrogen-bond donors (Lipinski definition) is 1. The summed E-state index contributed by atoms with van der Waals surface area (Å²) in [5.41, 5.74) is 0.346. The van der Waals surface area contributed by atoms with E-state index < -0.39 is 4.92 Å². The van der Waals surface area contributed by atoms with Gasteiger partial charge in [-0.15, -0.1) is 0 Å². The fraction of sp³-hybridized carbons (Fsp3) is 0.286. The van der Waals surface area contributed by atoms with E-state index in [0.29, 0.717) is 33.9 Å². The number of non-ortho nitro benzene ring substituents is 1. The van der Waals surface area contributed by atoms with Crippen molar-refractivity contribution >= 4 is 16.6 Å². The van der Waals surface area contributed by atoms with Gasteiger partial charge in [0.15, 0.2) is 17.7 Å². The number of nitrogens with zero attached hydrogens (tertiary/aromatic N) is 2. The minimum Gasteiger partial charge on any atom is -0.618 e. The van der Waals surface area contributed by atoms with Gasteiger partial charge in [0, 0.05) is 24.3 Å². The van der Waals surface area contributed by atoms with Crippen LogP contribution in [0.25, 0.3) is 10.9 Å². The zero-order valence-electron chi connectivity index (χ0n) is 16.4. The Hall–Kier alpha value is -3.59. The summed E-state index contributed by atoms with van der Waals surface area (Å²) in [4.78, 5) is 10.4. The first-order valence-electron chi connectivity index (χ1n) is 9.59. The molecule has 156 valence electrons. The van der Waals surface area contributed by atoms with Crippen molar-refractivity contribution in [3.8, 4) is 23.0 Å². The van der Waals surface area contributed by atoms with Crippen molar-refractivity contribution in [2.24, 2.45) is 0 Å². The molecule has 0 radical (unpaired) electrons. The molecule has 1 aromatic heterocycles. The lowest BCUT2D eigenvalue weighted by Crippen LogP contribution is -2.34. The number of fused-ring (bicyclic) bond motifs is 1. The van der Waals surface area contributed by atoms with Gasteiger partial charge in [-0.3, -0.25) is 10.1 Å². The van der Waals surface area contributed by atoms with E-state index in [0.717, 1.165) is 30.7 Å². The topological polar surface area (TPSA) is 110 Å². The quantitative estimate of drug-likeness (QED) is 0.287. The lowest BCUT2D eigenvalue weighted by atomic mass is 10.1. The number of piperidine rings is 1. The molecule has 0 unspecified atom stereocenters. The Morgan fingerprint density at radius 1 is 1.07 bits per heavy atom. The lowest BCUT2D eigenvalue weighted by molar-refractivity contribution is -0.577. The molecule has 0 saturated carbocycles. The molecule has 0 atom stereocenters. The van der Waals surface area contributed by atoms with Crippen LogP contribution < -0.4 is 24.3 Å². The summed E-state index contributed by atoms with van der Waals surface area (Å²) in [6, 6.07) is 10.7. The van der Waals surface area contributed by atoms with Gasteiger partial charge in [0.2, 0.25) is 5.52 Å². The van der Waals surface area contributed by atoms with Crippen LogP contribution in [0.5, 0.6) is 23.0 Å². The standard InChI is InChI=1S/C21H21N3O6/c1-28-20-12-17-18(13-21(20)30-16-6-9-22-10-7-16)23(25)11-8-19(17)29-15-4-2-14(3-5-15)24(26)27/h2-5,8,11-13,16,22H,6-7,9-10H2,1H3. The zero-order valence-corrected chi connectivity index (χ0v) is 16.4. The Kier molecular flexibility index (Phi) is 5.53. The molecule has 0 spiro atoms. The average Bonchev–Trinajstić information content (AvgIpc) is 2.76. The third-order valence-corrected chi connectivity index (χ3v) is 5.00. The molecule has 0 aliphatic carbocycles. The molecule has 1 aliphatic rings. The molecule has 1 fully saturated rings. The largest absolute Gasteiger partial charge is 0.618 e. The minimum absolute atomic E-state index is 0.0287. The van der Waals surface area contributed by atoms with E-state index in [1.54, 1.807) is 25.3 Å². The third kappa shape index (κ3) is 4.06. The first-order chi connectivity index (χ1) is 14.5. The van der Waals surface area contributed by atoms with E-state index in [2.05, 4.69) is 5.32 Å². The number of aromatic nitrogens is 1. The highest BCUT2D eigenvalue weighted by Gasteiger charge is 2.21. The second kappa shape index (κ2) is 8.42. The van der Waals surface area contributed by atoms with E-state index in [-0.39, 0.29) is 11.8 Å². The van der Waals surface area contributed by atoms with Crippen LogP contribution >= 0.6 is 0 Å². The second-order valence-corrected chi connectivity index (χ2v) is 6.95. The van der Waals surface area contributed by atoms with E-state index in [4.69, 9.17) is 14.2 Å². The molecule has 9 heteroatoms. The minimum atomic E-state index is -0.475. The number of rotatable bonds is 6. The van der Waals surface area contributed by atoms with Gasteiger partial charge in [0.25, 0.3) is 5.69 Å².